The largest absolute Gasteiger partial charge is 0.416 e. The van der Waals surface area contributed by atoms with Gasteiger partial charge in [0.05, 0.1) is 17.0 Å². The number of hydrogen-bond acceptors (Lipinski definition) is 4. The number of allylic oxidation sites excluding steroid dienone is 2. The molecule has 0 aliphatic rings. The molecule has 2 aromatic rings. The first-order valence-corrected chi connectivity index (χ1v) is 8.57. The molecule has 5 nitrogen and oxygen atoms in total. The van der Waals surface area contributed by atoms with Crippen LogP contribution in [0.2, 0.25) is 0 Å². The molecule has 0 aliphatic heterocycles. The summed E-state index contributed by atoms with van der Waals surface area (Å²) in [4.78, 5) is 16.6. The monoisotopic (exact) mass is 401 g/mol. The van der Waals surface area contributed by atoms with Crippen molar-refractivity contribution in [3.8, 4) is 0 Å². The highest BCUT2D eigenvalue weighted by Crippen LogP contribution is 2.29. The van der Waals surface area contributed by atoms with Crippen molar-refractivity contribution < 1.29 is 23.3 Å². The number of quaternary nitrogens is 1. The number of carbonyl (C=O) groups is 1. The zero-order chi connectivity index (χ0) is 21.4. The Morgan fingerprint density at radius 2 is 1.76 bits per heavy atom. The third-order valence-corrected chi connectivity index (χ3v) is 3.89. The van der Waals surface area contributed by atoms with Crippen molar-refractivity contribution in [3.63, 3.8) is 0 Å². The molecule has 0 fully saturated rings. The Hall–Kier alpha value is -3.52. The summed E-state index contributed by atoms with van der Waals surface area (Å²) in [6.07, 6.45) is 0.675. The molecule has 0 radical (unpaired) electrons. The second-order valence-electron chi connectivity index (χ2n) is 6.03. The van der Waals surface area contributed by atoms with E-state index < -0.39 is 17.5 Å². The first kappa shape index (κ1) is 21.8. The van der Waals surface area contributed by atoms with Gasteiger partial charge in [-0.1, -0.05) is 18.2 Å². The van der Waals surface area contributed by atoms with Gasteiger partial charge in [-0.25, -0.2) is 4.99 Å². The minimum Gasteiger partial charge on any atom is -0.405 e. The van der Waals surface area contributed by atoms with E-state index in [0.29, 0.717) is 11.4 Å². The maximum atomic E-state index is 12.6. The van der Waals surface area contributed by atoms with E-state index in [9.17, 15) is 18.0 Å². The van der Waals surface area contributed by atoms with Crippen molar-refractivity contribution in [3.05, 3.63) is 84.2 Å². The molecule has 2 rings (SSSR count). The normalized spacial score (nSPS) is 12.6. The Morgan fingerprint density at radius 1 is 1.10 bits per heavy atom. The van der Waals surface area contributed by atoms with Crippen LogP contribution in [0.4, 0.5) is 24.5 Å². The Bertz CT molecular complexity index is 974. The highest BCUT2D eigenvalue weighted by atomic mass is 19.4. The van der Waals surface area contributed by atoms with Crippen LogP contribution < -0.4 is 11.1 Å². The minimum absolute atomic E-state index is 0.103. The van der Waals surface area contributed by atoms with Crippen molar-refractivity contribution in [2.45, 2.75) is 13.1 Å². The molecule has 29 heavy (non-hydrogen) atoms. The first-order chi connectivity index (χ1) is 13.7. The van der Waals surface area contributed by atoms with Gasteiger partial charge in [-0.15, -0.1) is 0 Å². The standard InChI is InChI=1S/C21H19F3N4O/c1-14-4-2-3-5-17(14)28-18(10-12-25)20(26)19(29)11-13-27-16-8-6-15(7-9-16)21(22,23)24/h2-13,26-27H,25H2,1H3/p+1. The van der Waals surface area contributed by atoms with Gasteiger partial charge in [0, 0.05) is 6.08 Å². The number of nitrogens with one attached hydrogen (secondary N) is 1. The van der Waals surface area contributed by atoms with E-state index in [4.69, 9.17) is 11.1 Å². The molecule has 0 aromatic heterocycles. The van der Waals surface area contributed by atoms with E-state index in [-0.39, 0.29) is 11.4 Å². The summed E-state index contributed by atoms with van der Waals surface area (Å²) >= 11 is 0. The summed E-state index contributed by atoms with van der Waals surface area (Å²) in [5, 5.41) is 9.55. The molecule has 0 saturated heterocycles. The number of aliphatic imine (C=N–C) groups is 1. The van der Waals surface area contributed by atoms with Crippen LogP contribution in [-0.2, 0) is 11.0 Å². The minimum atomic E-state index is -4.40. The Labute approximate surface area is 166 Å². The maximum absolute atomic E-state index is 12.6. The maximum Gasteiger partial charge on any atom is 0.416 e. The molecule has 0 saturated carbocycles. The molecule has 0 aliphatic carbocycles. The van der Waals surface area contributed by atoms with Gasteiger partial charge < -0.3 is 5.73 Å². The van der Waals surface area contributed by atoms with E-state index in [2.05, 4.69) is 4.99 Å². The molecule has 150 valence electrons. The predicted molar refractivity (Wildman–Crippen MR) is 107 cm³/mol. The fourth-order valence-electron chi connectivity index (χ4n) is 2.33. The lowest BCUT2D eigenvalue weighted by atomic mass is 10.1. The Morgan fingerprint density at radius 3 is 2.34 bits per heavy atom. The number of nitrogens with two attached hydrogens (primary N) is 2. The van der Waals surface area contributed by atoms with Crippen molar-refractivity contribution in [2.75, 3.05) is 0 Å². The first-order valence-electron chi connectivity index (χ1n) is 8.57. The van der Waals surface area contributed by atoms with Crippen LogP contribution in [0.25, 0.3) is 0 Å². The summed E-state index contributed by atoms with van der Waals surface area (Å²) in [6.45, 7) is 1.85. The lowest BCUT2D eigenvalue weighted by Crippen LogP contribution is -2.71. The average molecular weight is 401 g/mol. The fourth-order valence-corrected chi connectivity index (χ4v) is 2.33. The van der Waals surface area contributed by atoms with E-state index in [1.165, 1.54) is 35.9 Å². The molecule has 0 atom stereocenters. The van der Waals surface area contributed by atoms with Crippen molar-refractivity contribution in [1.82, 2.24) is 0 Å². The number of benzene rings is 2. The second-order valence-corrected chi connectivity index (χ2v) is 6.03. The number of para-hydroxylation sites is 1. The van der Waals surface area contributed by atoms with Crippen molar-refractivity contribution in [1.29, 1.82) is 5.41 Å². The van der Waals surface area contributed by atoms with Gasteiger partial charge in [0.2, 0.25) is 5.78 Å². The topological polar surface area (TPSA) is 95.9 Å². The number of carbonyl (C=O) groups excluding carboxylic acids is 1. The lowest BCUT2D eigenvalue weighted by Gasteiger charge is -2.05. The van der Waals surface area contributed by atoms with Crippen LogP contribution in [0.3, 0.4) is 0 Å². The number of nitrogens with zero attached hydrogens (tertiary/aromatic N) is 1. The average Bonchev–Trinajstić information content (AvgIpc) is 2.68. The highest BCUT2D eigenvalue weighted by molar-refractivity contribution is 6.70. The van der Waals surface area contributed by atoms with E-state index in [1.54, 1.807) is 12.1 Å². The molecule has 0 spiro atoms. The van der Waals surface area contributed by atoms with Gasteiger partial charge in [-0.05, 0) is 55.1 Å². The zero-order valence-corrected chi connectivity index (χ0v) is 15.6. The molecular formula is C21H20F3N4O+. The van der Waals surface area contributed by atoms with Crippen molar-refractivity contribution in [2.24, 2.45) is 10.7 Å². The van der Waals surface area contributed by atoms with Crippen LogP contribution in [0.15, 0.2) is 78.1 Å². The van der Waals surface area contributed by atoms with Gasteiger partial charge in [0.15, 0.2) is 0 Å². The smallest absolute Gasteiger partial charge is 0.405 e. The SMILES string of the molecule is Cc1ccccc1N=C(C=CN)C(=N)C(=O)C=C[NH2+]c1ccc(C(F)(F)F)cc1. The van der Waals surface area contributed by atoms with Gasteiger partial charge in [0.25, 0.3) is 0 Å². The third-order valence-electron chi connectivity index (χ3n) is 3.89. The van der Waals surface area contributed by atoms with Crippen LogP contribution >= 0.6 is 0 Å². The molecule has 0 unspecified atom stereocenters. The Kier molecular flexibility index (Phi) is 7.21. The van der Waals surface area contributed by atoms with E-state index in [1.807, 2.05) is 19.1 Å². The van der Waals surface area contributed by atoms with E-state index in [0.717, 1.165) is 23.8 Å². The van der Waals surface area contributed by atoms with Crippen LogP contribution in [-0.4, -0.2) is 17.2 Å². The van der Waals surface area contributed by atoms with Gasteiger partial charge in [-0.3, -0.25) is 15.5 Å². The molecule has 0 heterocycles. The molecule has 0 bridgehead atoms. The third kappa shape index (κ3) is 6.25. The summed E-state index contributed by atoms with van der Waals surface area (Å²) in [5.41, 5.74) is 6.38. The van der Waals surface area contributed by atoms with Crippen LogP contribution in [0.5, 0.6) is 0 Å². The second kappa shape index (κ2) is 9.61. The summed E-state index contributed by atoms with van der Waals surface area (Å²) in [7, 11) is 0. The quantitative estimate of drug-likeness (QED) is 0.376. The zero-order valence-electron chi connectivity index (χ0n) is 15.6. The van der Waals surface area contributed by atoms with Gasteiger partial charge in [-0.2, -0.15) is 13.2 Å². The number of halogens is 3. The van der Waals surface area contributed by atoms with Crippen LogP contribution in [0.1, 0.15) is 11.1 Å². The number of ketones is 1. The number of hydrogen-bond donors (Lipinski definition) is 3. The molecular weight excluding hydrogens is 381 g/mol. The number of aryl methyl sites for hydroxylation is 1. The molecule has 0 amide bonds. The molecule has 5 N–H and O–H groups in total. The number of rotatable bonds is 7. The summed E-state index contributed by atoms with van der Waals surface area (Å²) in [5.74, 6) is -0.612. The number of alkyl halides is 3. The van der Waals surface area contributed by atoms with Crippen molar-refractivity contribution >= 4 is 28.6 Å². The lowest BCUT2D eigenvalue weighted by molar-refractivity contribution is -0.496. The Balaban J connectivity index is 2.10. The van der Waals surface area contributed by atoms with Gasteiger partial charge in [0.1, 0.15) is 17.6 Å². The van der Waals surface area contributed by atoms with Gasteiger partial charge >= 0.3 is 6.18 Å². The summed E-state index contributed by atoms with van der Waals surface area (Å²) in [6, 6.07) is 11.8. The molecule has 8 heteroatoms. The molecule has 2 aromatic carbocycles. The van der Waals surface area contributed by atoms with E-state index >= 15 is 0 Å². The van der Waals surface area contributed by atoms with Crippen LogP contribution in [0, 0.1) is 12.3 Å². The predicted octanol–water partition coefficient (Wildman–Crippen LogP) is 3.56. The fraction of sp³-hybridized carbons (Fsp3) is 0.0952. The summed E-state index contributed by atoms with van der Waals surface area (Å²) < 4.78 is 37.7. The highest BCUT2D eigenvalue weighted by Gasteiger charge is 2.30.